The highest BCUT2D eigenvalue weighted by Gasteiger charge is 2.14. The fraction of sp³-hybridized carbons (Fsp3) is 0.0435. The van der Waals surface area contributed by atoms with Crippen molar-refractivity contribution in [2.45, 2.75) is 13.8 Å². The van der Waals surface area contributed by atoms with E-state index in [1.807, 2.05) is 0 Å². The van der Waals surface area contributed by atoms with E-state index in [2.05, 4.69) is 194 Å². The summed E-state index contributed by atoms with van der Waals surface area (Å²) in [6, 6.07) is 63.9. The predicted molar refractivity (Wildman–Crippen MR) is 202 cm³/mol. The van der Waals surface area contributed by atoms with Crippen LogP contribution in [-0.4, -0.2) is 4.57 Å². The molecule has 0 aliphatic carbocycles. The molecule has 0 N–H and O–H groups in total. The Labute approximate surface area is 276 Å². The van der Waals surface area contributed by atoms with Gasteiger partial charge in [0.15, 0.2) is 0 Å². The van der Waals surface area contributed by atoms with Crippen LogP contribution in [0.2, 0.25) is 0 Å². The number of rotatable bonds is 4. The van der Waals surface area contributed by atoms with E-state index >= 15 is 0 Å². The van der Waals surface area contributed by atoms with Crippen LogP contribution in [0.25, 0.3) is 71.6 Å². The van der Waals surface area contributed by atoms with E-state index < -0.39 is 0 Å². The molecule has 0 spiro atoms. The van der Waals surface area contributed by atoms with E-state index in [1.54, 1.807) is 0 Å². The number of aryl methyl sites for hydroxylation is 2. The van der Waals surface area contributed by atoms with Gasteiger partial charge in [-0.1, -0.05) is 145 Å². The SMILES string of the molecule is Cc1ccc(-c2cccccc(C)c(-c3cccc(-c4ccc5c(c4)c4ccccc4n5-c4ccccc4)c3)c3ccccc23)cc1. The summed E-state index contributed by atoms with van der Waals surface area (Å²) in [5, 5.41) is 4.98. The summed E-state index contributed by atoms with van der Waals surface area (Å²) in [5.41, 5.74) is 13.4. The molecule has 0 bridgehead atoms. The minimum Gasteiger partial charge on any atom is -0.309 e. The fourth-order valence-electron chi connectivity index (χ4n) is 6.97. The number of hydrogen-bond acceptors (Lipinski definition) is 0. The molecule has 0 aliphatic rings. The first kappa shape index (κ1) is 28.5. The van der Waals surface area contributed by atoms with Crippen LogP contribution in [0, 0.1) is 13.8 Å². The van der Waals surface area contributed by atoms with Crippen molar-refractivity contribution in [2.24, 2.45) is 0 Å². The zero-order valence-electron chi connectivity index (χ0n) is 26.7. The third kappa shape index (κ3) is 5.26. The monoisotopic (exact) mass is 601 g/mol. The number of aromatic nitrogens is 1. The largest absolute Gasteiger partial charge is 0.309 e. The van der Waals surface area contributed by atoms with Crippen molar-refractivity contribution < 1.29 is 0 Å². The summed E-state index contributed by atoms with van der Waals surface area (Å²) in [6.07, 6.45) is 0. The molecule has 1 nitrogen and oxygen atoms in total. The first-order chi connectivity index (χ1) is 23.2. The average Bonchev–Trinajstić information content (AvgIpc) is 3.45. The summed E-state index contributed by atoms with van der Waals surface area (Å²) in [7, 11) is 0. The molecular weight excluding hydrogens is 567 g/mol. The molecular formula is C46H35N. The van der Waals surface area contributed by atoms with Gasteiger partial charge in [-0.25, -0.2) is 0 Å². The zero-order valence-corrected chi connectivity index (χ0v) is 26.7. The van der Waals surface area contributed by atoms with Crippen molar-refractivity contribution in [1.82, 2.24) is 4.57 Å². The highest BCUT2D eigenvalue weighted by atomic mass is 15.0. The lowest BCUT2D eigenvalue weighted by Gasteiger charge is -2.13. The summed E-state index contributed by atoms with van der Waals surface area (Å²) in [4.78, 5) is 0. The lowest BCUT2D eigenvalue weighted by atomic mass is 9.91. The Balaban J connectivity index is 1.34. The van der Waals surface area contributed by atoms with Gasteiger partial charge in [-0.05, 0) is 100.0 Å². The molecule has 7 aromatic carbocycles. The van der Waals surface area contributed by atoms with Crippen LogP contribution in [-0.2, 0) is 0 Å². The second-order valence-electron chi connectivity index (χ2n) is 12.3. The Morgan fingerprint density at radius 1 is 0.362 bits per heavy atom. The maximum atomic E-state index is 2.37. The molecule has 0 aliphatic heterocycles. The van der Waals surface area contributed by atoms with Gasteiger partial charge in [-0.2, -0.15) is 0 Å². The second kappa shape index (κ2) is 12.1. The minimum absolute atomic E-state index is 1.17. The third-order valence-corrected chi connectivity index (χ3v) is 9.25. The maximum Gasteiger partial charge on any atom is 0.0541 e. The van der Waals surface area contributed by atoms with Gasteiger partial charge >= 0.3 is 0 Å². The van der Waals surface area contributed by atoms with Crippen LogP contribution < -0.4 is 0 Å². The molecule has 0 radical (unpaired) electrons. The number of fused-ring (bicyclic) bond motifs is 4. The first-order valence-electron chi connectivity index (χ1n) is 16.3. The lowest BCUT2D eigenvalue weighted by Crippen LogP contribution is -1.92. The van der Waals surface area contributed by atoms with Gasteiger partial charge in [0.05, 0.1) is 11.0 Å². The second-order valence-corrected chi connectivity index (χ2v) is 12.3. The van der Waals surface area contributed by atoms with Crippen LogP contribution in [0.4, 0.5) is 0 Å². The smallest absolute Gasteiger partial charge is 0.0541 e. The number of para-hydroxylation sites is 2. The first-order valence-corrected chi connectivity index (χ1v) is 16.3. The molecule has 0 atom stereocenters. The van der Waals surface area contributed by atoms with Crippen molar-refractivity contribution in [3.63, 3.8) is 0 Å². The molecule has 1 heterocycles. The Kier molecular flexibility index (Phi) is 7.36. The fourth-order valence-corrected chi connectivity index (χ4v) is 6.97. The van der Waals surface area contributed by atoms with Crippen LogP contribution in [0.5, 0.6) is 0 Å². The normalized spacial score (nSPS) is 11.2. The molecule has 0 saturated heterocycles. The number of nitrogens with zero attached hydrogens (tertiary/aromatic N) is 1. The van der Waals surface area contributed by atoms with Gasteiger partial charge in [0.2, 0.25) is 0 Å². The predicted octanol–water partition coefficient (Wildman–Crippen LogP) is 12.7. The van der Waals surface area contributed by atoms with E-state index in [-0.39, 0.29) is 0 Å². The van der Waals surface area contributed by atoms with Crippen molar-refractivity contribution in [3.05, 3.63) is 187 Å². The highest BCUT2D eigenvalue weighted by Crippen LogP contribution is 2.38. The topological polar surface area (TPSA) is 4.93 Å². The summed E-state index contributed by atoms with van der Waals surface area (Å²) in [6.45, 7) is 4.37. The molecule has 1 heteroatoms. The zero-order chi connectivity index (χ0) is 31.7. The van der Waals surface area contributed by atoms with Gasteiger partial charge < -0.3 is 4.57 Å². The minimum atomic E-state index is 1.17. The Morgan fingerprint density at radius 2 is 0.957 bits per heavy atom. The van der Waals surface area contributed by atoms with E-state index in [1.165, 1.54) is 82.8 Å². The van der Waals surface area contributed by atoms with Gasteiger partial charge in [-0.3, -0.25) is 0 Å². The van der Waals surface area contributed by atoms with Gasteiger partial charge in [0, 0.05) is 16.5 Å². The molecule has 224 valence electrons. The van der Waals surface area contributed by atoms with Gasteiger partial charge in [-0.15, -0.1) is 0 Å². The standard InChI is InChI=1S/C46H35N/c1-32-24-26-34(27-25-32)39-19-8-3-5-14-33(2)46(42-22-10-9-20-40(39)42)37-16-13-15-35(30-37)36-28-29-45-43(31-36)41-21-11-12-23-44(41)47(45)38-17-6-4-7-18-38/h3-31H,1-2H3. The van der Waals surface area contributed by atoms with Crippen molar-refractivity contribution in [2.75, 3.05) is 0 Å². The van der Waals surface area contributed by atoms with Crippen LogP contribution >= 0.6 is 0 Å². The molecule has 8 rings (SSSR count). The van der Waals surface area contributed by atoms with Gasteiger partial charge in [0.25, 0.3) is 0 Å². The van der Waals surface area contributed by atoms with E-state index in [9.17, 15) is 0 Å². The van der Waals surface area contributed by atoms with E-state index in [0.717, 1.165) is 0 Å². The number of hydrogen-bond donors (Lipinski definition) is 0. The van der Waals surface area contributed by atoms with Gasteiger partial charge in [0.1, 0.15) is 0 Å². The summed E-state index contributed by atoms with van der Waals surface area (Å²) in [5.74, 6) is 0. The van der Waals surface area contributed by atoms with E-state index in [4.69, 9.17) is 0 Å². The van der Waals surface area contributed by atoms with Crippen molar-refractivity contribution >= 4 is 32.6 Å². The van der Waals surface area contributed by atoms with Crippen LogP contribution in [0.15, 0.2) is 176 Å². The Hall–Kier alpha value is -5.92. The third-order valence-electron chi connectivity index (χ3n) is 9.25. The Morgan fingerprint density at radius 3 is 1.77 bits per heavy atom. The molecule has 0 saturated carbocycles. The number of benzene rings is 6. The maximum absolute atomic E-state index is 2.37. The highest BCUT2D eigenvalue weighted by molar-refractivity contribution is 6.10. The molecule has 47 heavy (non-hydrogen) atoms. The molecule has 0 unspecified atom stereocenters. The molecule has 1 aromatic heterocycles. The quantitative estimate of drug-likeness (QED) is 0.189. The summed E-state index contributed by atoms with van der Waals surface area (Å²) < 4.78 is 2.37. The molecule has 0 amide bonds. The van der Waals surface area contributed by atoms with Crippen LogP contribution in [0.3, 0.4) is 0 Å². The van der Waals surface area contributed by atoms with Crippen molar-refractivity contribution in [3.8, 4) is 39.1 Å². The molecule has 8 aromatic rings. The molecule has 0 fully saturated rings. The Bertz CT molecular complexity index is 2460. The van der Waals surface area contributed by atoms with Crippen LogP contribution in [0.1, 0.15) is 11.1 Å². The van der Waals surface area contributed by atoms with Crippen molar-refractivity contribution in [1.29, 1.82) is 0 Å². The summed E-state index contributed by atoms with van der Waals surface area (Å²) >= 11 is 0. The lowest BCUT2D eigenvalue weighted by molar-refractivity contribution is 1.18. The average molecular weight is 602 g/mol. The van der Waals surface area contributed by atoms with E-state index in [0.29, 0.717) is 0 Å².